The number of aliphatic hydroxyl groups excluding tert-OH is 1. The number of rotatable bonds is 7. The van der Waals surface area contributed by atoms with Gasteiger partial charge < -0.3 is 19.3 Å². The SMILES string of the molecule is C=C(C)C(=O)OCC(C(=O)OC)C(O)C(=O)Oc1ccccc1. The van der Waals surface area contributed by atoms with Gasteiger partial charge in [0.1, 0.15) is 18.3 Å². The highest BCUT2D eigenvalue weighted by molar-refractivity contribution is 5.88. The van der Waals surface area contributed by atoms with Crippen LogP contribution in [0.2, 0.25) is 0 Å². The Kier molecular flexibility index (Phi) is 6.95. The van der Waals surface area contributed by atoms with Crippen molar-refractivity contribution in [2.24, 2.45) is 5.92 Å². The minimum Gasteiger partial charge on any atom is -0.469 e. The average molecular weight is 322 g/mol. The molecule has 1 aromatic carbocycles. The third-order valence-electron chi connectivity index (χ3n) is 2.83. The fourth-order valence-corrected chi connectivity index (χ4v) is 1.56. The molecule has 0 bridgehead atoms. The predicted molar refractivity (Wildman–Crippen MR) is 79.4 cm³/mol. The summed E-state index contributed by atoms with van der Waals surface area (Å²) in [4.78, 5) is 35.0. The van der Waals surface area contributed by atoms with Gasteiger partial charge in [-0.1, -0.05) is 24.8 Å². The molecule has 7 nitrogen and oxygen atoms in total. The molecule has 23 heavy (non-hydrogen) atoms. The minimum atomic E-state index is -1.85. The first kappa shape index (κ1) is 18.4. The highest BCUT2D eigenvalue weighted by Gasteiger charge is 2.35. The first-order valence-electron chi connectivity index (χ1n) is 6.72. The summed E-state index contributed by atoms with van der Waals surface area (Å²) in [5.74, 6) is -3.91. The normalized spacial score (nSPS) is 12.7. The Morgan fingerprint density at radius 2 is 1.78 bits per heavy atom. The molecule has 0 radical (unpaired) electrons. The number of para-hydroxylation sites is 1. The first-order chi connectivity index (χ1) is 10.9. The summed E-state index contributed by atoms with van der Waals surface area (Å²) in [6.45, 7) is 4.28. The second-order valence-electron chi connectivity index (χ2n) is 4.69. The lowest BCUT2D eigenvalue weighted by Gasteiger charge is -2.19. The largest absolute Gasteiger partial charge is 0.469 e. The van der Waals surface area contributed by atoms with E-state index < -0.39 is 36.5 Å². The van der Waals surface area contributed by atoms with E-state index in [-0.39, 0.29) is 11.3 Å². The van der Waals surface area contributed by atoms with Crippen molar-refractivity contribution >= 4 is 17.9 Å². The molecule has 0 aliphatic heterocycles. The van der Waals surface area contributed by atoms with E-state index in [0.717, 1.165) is 7.11 Å². The molecule has 0 fully saturated rings. The van der Waals surface area contributed by atoms with E-state index in [2.05, 4.69) is 11.3 Å². The smallest absolute Gasteiger partial charge is 0.341 e. The number of ether oxygens (including phenoxy) is 3. The Hall–Kier alpha value is -2.67. The quantitative estimate of drug-likeness (QED) is 0.451. The van der Waals surface area contributed by atoms with Crippen LogP contribution in [0.1, 0.15) is 6.92 Å². The number of aliphatic hydroxyl groups is 1. The van der Waals surface area contributed by atoms with Gasteiger partial charge in [-0.3, -0.25) is 4.79 Å². The summed E-state index contributed by atoms with van der Waals surface area (Å²) >= 11 is 0. The van der Waals surface area contributed by atoms with E-state index in [1.165, 1.54) is 19.1 Å². The molecule has 124 valence electrons. The zero-order chi connectivity index (χ0) is 17.4. The minimum absolute atomic E-state index is 0.120. The van der Waals surface area contributed by atoms with Gasteiger partial charge >= 0.3 is 17.9 Å². The summed E-state index contributed by atoms with van der Waals surface area (Å²) in [5.41, 5.74) is 0.120. The maximum atomic E-state index is 11.9. The number of carbonyl (C=O) groups excluding carboxylic acids is 3. The van der Waals surface area contributed by atoms with Gasteiger partial charge in [0, 0.05) is 5.57 Å². The Morgan fingerprint density at radius 1 is 1.17 bits per heavy atom. The molecule has 2 unspecified atom stereocenters. The van der Waals surface area contributed by atoms with Gasteiger partial charge in [-0.15, -0.1) is 0 Å². The molecule has 1 aromatic rings. The lowest BCUT2D eigenvalue weighted by molar-refractivity contribution is -0.164. The molecule has 0 saturated heterocycles. The highest BCUT2D eigenvalue weighted by Crippen LogP contribution is 2.14. The molecular weight excluding hydrogens is 304 g/mol. The molecule has 0 heterocycles. The van der Waals surface area contributed by atoms with Crippen LogP contribution in [-0.2, 0) is 23.9 Å². The molecule has 1 N–H and O–H groups in total. The van der Waals surface area contributed by atoms with Crippen LogP contribution in [0.5, 0.6) is 5.75 Å². The number of esters is 3. The fourth-order valence-electron chi connectivity index (χ4n) is 1.56. The third kappa shape index (κ3) is 5.55. The zero-order valence-corrected chi connectivity index (χ0v) is 12.9. The van der Waals surface area contributed by atoms with E-state index in [1.54, 1.807) is 18.2 Å². The van der Waals surface area contributed by atoms with Crippen molar-refractivity contribution in [3.63, 3.8) is 0 Å². The van der Waals surface area contributed by atoms with Gasteiger partial charge in [0.05, 0.1) is 7.11 Å². The van der Waals surface area contributed by atoms with Gasteiger partial charge in [-0.25, -0.2) is 9.59 Å². The maximum absolute atomic E-state index is 11.9. The molecule has 0 amide bonds. The Labute approximate surface area is 133 Å². The second-order valence-corrected chi connectivity index (χ2v) is 4.69. The number of hydrogen-bond donors (Lipinski definition) is 1. The molecular formula is C16H18O7. The van der Waals surface area contributed by atoms with Crippen LogP contribution in [0.4, 0.5) is 0 Å². The lowest BCUT2D eigenvalue weighted by Crippen LogP contribution is -2.41. The van der Waals surface area contributed by atoms with Crippen molar-refractivity contribution in [2.45, 2.75) is 13.0 Å². The molecule has 0 saturated carbocycles. The number of benzene rings is 1. The molecule has 7 heteroatoms. The van der Waals surface area contributed by atoms with E-state index in [4.69, 9.17) is 9.47 Å². The van der Waals surface area contributed by atoms with E-state index >= 15 is 0 Å². The third-order valence-corrected chi connectivity index (χ3v) is 2.83. The molecule has 0 aliphatic carbocycles. The van der Waals surface area contributed by atoms with Gasteiger partial charge in [-0.05, 0) is 19.1 Å². The Bertz CT molecular complexity index is 579. The molecule has 2 atom stereocenters. The van der Waals surface area contributed by atoms with Crippen LogP contribution in [0.15, 0.2) is 42.5 Å². The molecule has 0 aliphatic rings. The van der Waals surface area contributed by atoms with Crippen LogP contribution in [0.25, 0.3) is 0 Å². The summed E-state index contributed by atoms with van der Waals surface area (Å²) in [7, 11) is 1.09. The summed E-state index contributed by atoms with van der Waals surface area (Å²) in [5, 5.41) is 10.0. The van der Waals surface area contributed by atoms with Gasteiger partial charge in [-0.2, -0.15) is 0 Å². The average Bonchev–Trinajstić information content (AvgIpc) is 2.54. The van der Waals surface area contributed by atoms with Gasteiger partial charge in [0.25, 0.3) is 0 Å². The Balaban J connectivity index is 2.76. The molecule has 0 spiro atoms. The van der Waals surface area contributed by atoms with Crippen molar-refractivity contribution in [3.8, 4) is 5.75 Å². The van der Waals surface area contributed by atoms with Crippen LogP contribution in [0.3, 0.4) is 0 Å². The maximum Gasteiger partial charge on any atom is 0.341 e. The highest BCUT2D eigenvalue weighted by atomic mass is 16.6. The van der Waals surface area contributed by atoms with Crippen LogP contribution < -0.4 is 4.74 Å². The van der Waals surface area contributed by atoms with Crippen molar-refractivity contribution < 1.29 is 33.7 Å². The van der Waals surface area contributed by atoms with Crippen LogP contribution >= 0.6 is 0 Å². The topological polar surface area (TPSA) is 99.1 Å². The van der Waals surface area contributed by atoms with E-state index in [1.807, 2.05) is 0 Å². The lowest BCUT2D eigenvalue weighted by atomic mass is 10.0. The summed E-state index contributed by atoms with van der Waals surface area (Å²) < 4.78 is 14.3. The van der Waals surface area contributed by atoms with E-state index in [0.29, 0.717) is 0 Å². The summed E-state index contributed by atoms with van der Waals surface area (Å²) in [6.07, 6.45) is -1.85. The van der Waals surface area contributed by atoms with Crippen molar-refractivity contribution in [1.82, 2.24) is 0 Å². The molecule has 0 aromatic heterocycles. The van der Waals surface area contributed by atoms with Gasteiger partial charge in [0.15, 0.2) is 6.10 Å². The number of carbonyl (C=O) groups is 3. The van der Waals surface area contributed by atoms with Crippen LogP contribution in [-0.4, -0.2) is 42.8 Å². The van der Waals surface area contributed by atoms with E-state index in [9.17, 15) is 19.5 Å². The number of methoxy groups -OCH3 is 1. The number of hydrogen-bond acceptors (Lipinski definition) is 7. The Morgan fingerprint density at radius 3 is 2.30 bits per heavy atom. The predicted octanol–water partition coefficient (Wildman–Crippen LogP) is 0.861. The van der Waals surface area contributed by atoms with Crippen molar-refractivity contribution in [3.05, 3.63) is 42.5 Å². The summed E-state index contributed by atoms with van der Waals surface area (Å²) in [6, 6.07) is 8.03. The van der Waals surface area contributed by atoms with Crippen molar-refractivity contribution in [2.75, 3.05) is 13.7 Å². The standard InChI is InChI=1S/C16H18O7/c1-10(2)14(18)22-9-12(15(19)21-3)13(17)16(20)23-11-7-5-4-6-8-11/h4-8,12-13,17H,1,9H2,2-3H3. The van der Waals surface area contributed by atoms with Crippen molar-refractivity contribution in [1.29, 1.82) is 0 Å². The second kappa shape index (κ2) is 8.70. The van der Waals surface area contributed by atoms with Gasteiger partial charge in [0.2, 0.25) is 0 Å². The monoisotopic (exact) mass is 322 g/mol. The first-order valence-corrected chi connectivity index (χ1v) is 6.72. The van der Waals surface area contributed by atoms with Crippen LogP contribution in [0, 0.1) is 5.92 Å². The fraction of sp³-hybridized carbons (Fsp3) is 0.312. The molecule has 1 rings (SSSR count). The zero-order valence-electron chi connectivity index (χ0n) is 12.9.